The van der Waals surface area contributed by atoms with Crippen molar-refractivity contribution < 1.29 is 4.79 Å². The van der Waals surface area contributed by atoms with Crippen molar-refractivity contribution in [2.45, 2.75) is 5.03 Å². The molecule has 3 N–H and O–H groups in total. The molecule has 1 aromatic heterocycles. The first-order chi connectivity index (χ1) is 9.13. The zero-order chi connectivity index (χ0) is 13.7. The van der Waals surface area contributed by atoms with E-state index in [1.807, 2.05) is 0 Å². The van der Waals surface area contributed by atoms with Crippen molar-refractivity contribution in [1.82, 2.24) is 4.98 Å². The number of nitrogens with two attached hydrogens (primary N) is 1. The van der Waals surface area contributed by atoms with Crippen LogP contribution in [0, 0.1) is 0 Å². The quantitative estimate of drug-likeness (QED) is 0.850. The number of benzene rings is 1. The van der Waals surface area contributed by atoms with Gasteiger partial charge in [0.25, 0.3) is 0 Å². The molecule has 98 valence electrons. The fraction of sp³-hybridized carbons (Fsp3) is 0.0769. The maximum Gasteiger partial charge on any atom is 0.234 e. The smallest absolute Gasteiger partial charge is 0.234 e. The second-order valence-electron chi connectivity index (χ2n) is 3.77. The molecule has 6 heteroatoms. The Hall–Kier alpha value is -1.72. The maximum absolute atomic E-state index is 11.7. The number of amides is 1. The maximum atomic E-state index is 11.7. The number of anilines is 2. The van der Waals surface area contributed by atoms with Crippen LogP contribution >= 0.6 is 23.4 Å². The van der Waals surface area contributed by atoms with Crippen LogP contribution in [-0.2, 0) is 4.79 Å². The highest BCUT2D eigenvalue weighted by Crippen LogP contribution is 2.17. The van der Waals surface area contributed by atoms with Crippen LogP contribution in [0.3, 0.4) is 0 Å². The molecule has 1 amide bonds. The number of pyridine rings is 1. The van der Waals surface area contributed by atoms with Gasteiger partial charge in [0, 0.05) is 10.7 Å². The van der Waals surface area contributed by atoms with E-state index in [2.05, 4.69) is 10.3 Å². The van der Waals surface area contributed by atoms with Gasteiger partial charge in [-0.3, -0.25) is 4.79 Å². The Kier molecular flexibility index (Phi) is 4.65. The minimum atomic E-state index is -0.0917. The first kappa shape index (κ1) is 13.7. The van der Waals surface area contributed by atoms with Gasteiger partial charge in [0.05, 0.1) is 22.7 Å². The fourth-order valence-corrected chi connectivity index (χ4v) is 2.12. The minimum absolute atomic E-state index is 0.0917. The SMILES string of the molecule is Nc1ccc(SCC(=O)Nc2ccc(Cl)cc2)nc1. The first-order valence-electron chi connectivity index (χ1n) is 5.53. The Labute approximate surface area is 120 Å². The van der Waals surface area contributed by atoms with E-state index in [1.54, 1.807) is 42.6 Å². The third kappa shape index (κ3) is 4.46. The fourth-order valence-electron chi connectivity index (χ4n) is 1.35. The molecular weight excluding hydrogens is 282 g/mol. The van der Waals surface area contributed by atoms with Crippen molar-refractivity contribution >= 4 is 40.6 Å². The number of nitrogen functional groups attached to an aromatic ring is 1. The molecule has 2 aromatic rings. The lowest BCUT2D eigenvalue weighted by Crippen LogP contribution is -2.13. The Balaban J connectivity index is 1.84. The normalized spacial score (nSPS) is 10.2. The van der Waals surface area contributed by atoms with Crippen LogP contribution < -0.4 is 11.1 Å². The molecule has 0 aliphatic heterocycles. The molecule has 0 aliphatic rings. The molecule has 0 radical (unpaired) electrons. The molecule has 0 saturated heterocycles. The number of halogens is 1. The van der Waals surface area contributed by atoms with Gasteiger partial charge in [0.2, 0.25) is 5.91 Å². The van der Waals surface area contributed by atoms with E-state index in [0.29, 0.717) is 16.5 Å². The zero-order valence-corrected chi connectivity index (χ0v) is 11.5. The number of carbonyl (C=O) groups is 1. The third-order valence-electron chi connectivity index (χ3n) is 2.24. The molecule has 0 fully saturated rings. The van der Waals surface area contributed by atoms with E-state index in [4.69, 9.17) is 17.3 Å². The van der Waals surface area contributed by atoms with Gasteiger partial charge in [-0.2, -0.15) is 0 Å². The third-order valence-corrected chi connectivity index (χ3v) is 3.43. The zero-order valence-electron chi connectivity index (χ0n) is 9.97. The summed E-state index contributed by atoms with van der Waals surface area (Å²) in [5.41, 5.74) is 6.86. The standard InChI is InChI=1S/C13H12ClN3OS/c14-9-1-4-11(5-2-9)17-12(18)8-19-13-6-3-10(15)7-16-13/h1-7H,8,15H2,(H,17,18). The summed E-state index contributed by atoms with van der Waals surface area (Å²) in [7, 11) is 0. The van der Waals surface area contributed by atoms with E-state index in [-0.39, 0.29) is 5.91 Å². The molecule has 0 bridgehead atoms. The summed E-state index contributed by atoms with van der Waals surface area (Å²) in [5, 5.41) is 4.18. The van der Waals surface area contributed by atoms with Crippen LogP contribution in [0.25, 0.3) is 0 Å². The summed E-state index contributed by atoms with van der Waals surface area (Å²) in [6.45, 7) is 0. The summed E-state index contributed by atoms with van der Waals surface area (Å²) < 4.78 is 0. The van der Waals surface area contributed by atoms with Crippen molar-refractivity contribution in [3.63, 3.8) is 0 Å². The van der Waals surface area contributed by atoms with Crippen molar-refractivity contribution in [3.05, 3.63) is 47.6 Å². The van der Waals surface area contributed by atoms with Crippen LogP contribution in [-0.4, -0.2) is 16.6 Å². The number of thioether (sulfide) groups is 1. The predicted octanol–water partition coefficient (Wildman–Crippen LogP) is 3.05. The van der Waals surface area contributed by atoms with Gasteiger partial charge in [-0.1, -0.05) is 23.4 Å². The highest BCUT2D eigenvalue weighted by atomic mass is 35.5. The summed E-state index contributed by atoms with van der Waals surface area (Å²) in [6, 6.07) is 10.5. The number of aromatic nitrogens is 1. The van der Waals surface area contributed by atoms with Gasteiger partial charge in [0.15, 0.2) is 0 Å². The van der Waals surface area contributed by atoms with E-state index in [1.165, 1.54) is 11.8 Å². The molecule has 0 unspecified atom stereocenters. The lowest BCUT2D eigenvalue weighted by Gasteiger charge is -2.05. The summed E-state index contributed by atoms with van der Waals surface area (Å²) >= 11 is 7.12. The molecule has 1 heterocycles. The van der Waals surface area contributed by atoms with Crippen LogP contribution in [0.2, 0.25) is 5.02 Å². The molecule has 4 nitrogen and oxygen atoms in total. The number of rotatable bonds is 4. The predicted molar refractivity (Wildman–Crippen MR) is 79.5 cm³/mol. The number of carbonyl (C=O) groups excluding carboxylic acids is 1. The van der Waals surface area contributed by atoms with E-state index >= 15 is 0 Å². The van der Waals surface area contributed by atoms with Gasteiger partial charge in [-0.25, -0.2) is 4.98 Å². The number of hydrogen-bond acceptors (Lipinski definition) is 4. The highest BCUT2D eigenvalue weighted by Gasteiger charge is 2.04. The lowest BCUT2D eigenvalue weighted by atomic mass is 10.3. The first-order valence-corrected chi connectivity index (χ1v) is 6.89. The van der Waals surface area contributed by atoms with Crippen molar-refractivity contribution in [2.75, 3.05) is 16.8 Å². The van der Waals surface area contributed by atoms with Gasteiger partial charge >= 0.3 is 0 Å². The Bertz CT molecular complexity index is 557. The molecule has 1 aromatic carbocycles. The second-order valence-corrected chi connectivity index (χ2v) is 5.21. The summed E-state index contributed by atoms with van der Waals surface area (Å²) in [5.74, 6) is 0.199. The minimum Gasteiger partial charge on any atom is -0.397 e. The monoisotopic (exact) mass is 293 g/mol. The van der Waals surface area contributed by atoms with E-state index in [9.17, 15) is 4.79 Å². The van der Waals surface area contributed by atoms with E-state index in [0.717, 1.165) is 10.7 Å². The molecule has 0 aliphatic carbocycles. The van der Waals surface area contributed by atoms with Gasteiger partial charge in [-0.15, -0.1) is 0 Å². The second kappa shape index (κ2) is 6.45. The van der Waals surface area contributed by atoms with Crippen molar-refractivity contribution in [3.8, 4) is 0 Å². The van der Waals surface area contributed by atoms with Crippen molar-refractivity contribution in [1.29, 1.82) is 0 Å². The lowest BCUT2D eigenvalue weighted by molar-refractivity contribution is -0.113. The van der Waals surface area contributed by atoms with Gasteiger partial charge in [0.1, 0.15) is 0 Å². The van der Waals surface area contributed by atoms with Crippen molar-refractivity contribution in [2.24, 2.45) is 0 Å². The molecule has 0 atom stereocenters. The van der Waals surface area contributed by atoms with E-state index < -0.39 is 0 Å². The highest BCUT2D eigenvalue weighted by molar-refractivity contribution is 7.99. The van der Waals surface area contributed by atoms with Crippen LogP contribution in [0.15, 0.2) is 47.6 Å². The van der Waals surface area contributed by atoms with Crippen LogP contribution in [0.5, 0.6) is 0 Å². The largest absolute Gasteiger partial charge is 0.397 e. The Morgan fingerprint density at radius 3 is 2.63 bits per heavy atom. The Morgan fingerprint density at radius 2 is 2.00 bits per heavy atom. The Morgan fingerprint density at radius 1 is 1.26 bits per heavy atom. The van der Waals surface area contributed by atoms with Gasteiger partial charge in [-0.05, 0) is 36.4 Å². The van der Waals surface area contributed by atoms with Crippen LogP contribution in [0.4, 0.5) is 11.4 Å². The molecular formula is C13H12ClN3OS. The summed E-state index contributed by atoms with van der Waals surface area (Å²) in [6.07, 6.45) is 1.57. The molecule has 2 rings (SSSR count). The summed E-state index contributed by atoms with van der Waals surface area (Å²) in [4.78, 5) is 15.8. The molecule has 19 heavy (non-hydrogen) atoms. The van der Waals surface area contributed by atoms with Gasteiger partial charge < -0.3 is 11.1 Å². The average Bonchev–Trinajstić information content (AvgIpc) is 2.41. The topological polar surface area (TPSA) is 68.0 Å². The molecule has 0 saturated carbocycles. The molecule has 0 spiro atoms. The number of nitrogens with one attached hydrogen (secondary N) is 1. The number of hydrogen-bond donors (Lipinski definition) is 2. The number of nitrogens with zero attached hydrogens (tertiary/aromatic N) is 1. The van der Waals surface area contributed by atoms with Crippen LogP contribution in [0.1, 0.15) is 0 Å². The average molecular weight is 294 g/mol.